The van der Waals surface area contributed by atoms with Crippen LogP contribution in [0.4, 0.5) is 0 Å². The highest BCUT2D eigenvalue weighted by atomic mass is 35.5. The molecule has 0 bridgehead atoms. The van der Waals surface area contributed by atoms with Gasteiger partial charge in [-0.15, -0.1) is 0 Å². The largest absolute Gasteiger partial charge is 0.350 e. The molecule has 0 spiro atoms. The van der Waals surface area contributed by atoms with Gasteiger partial charge in [0.05, 0.1) is 17.4 Å². The van der Waals surface area contributed by atoms with Crippen molar-refractivity contribution < 1.29 is 9.59 Å². The fourth-order valence-electron chi connectivity index (χ4n) is 3.45. The fourth-order valence-corrected chi connectivity index (χ4v) is 3.57. The van der Waals surface area contributed by atoms with Crippen LogP contribution in [0.1, 0.15) is 19.4 Å². The molecule has 0 unspecified atom stereocenters. The van der Waals surface area contributed by atoms with Crippen LogP contribution in [0.25, 0.3) is 10.9 Å². The molecular formula is C23H25ClN4O4. The van der Waals surface area contributed by atoms with Gasteiger partial charge in [-0.05, 0) is 43.7 Å². The van der Waals surface area contributed by atoms with Crippen LogP contribution in [-0.4, -0.2) is 38.9 Å². The Bertz CT molecular complexity index is 1250. The van der Waals surface area contributed by atoms with Gasteiger partial charge >= 0.3 is 5.69 Å². The minimum Gasteiger partial charge on any atom is -0.350 e. The van der Waals surface area contributed by atoms with E-state index in [-0.39, 0.29) is 37.0 Å². The smallest absolute Gasteiger partial charge is 0.331 e. The number of halogens is 1. The van der Waals surface area contributed by atoms with Crippen LogP contribution in [0.3, 0.4) is 0 Å². The van der Waals surface area contributed by atoms with Crippen molar-refractivity contribution in [1.82, 2.24) is 19.4 Å². The van der Waals surface area contributed by atoms with Gasteiger partial charge in [0.15, 0.2) is 0 Å². The Morgan fingerprint density at radius 2 is 1.69 bits per heavy atom. The Morgan fingerprint density at radius 3 is 2.34 bits per heavy atom. The molecule has 0 aliphatic heterocycles. The van der Waals surface area contributed by atoms with Gasteiger partial charge in [-0.3, -0.25) is 23.5 Å². The van der Waals surface area contributed by atoms with Crippen molar-refractivity contribution in [3.05, 3.63) is 80.0 Å². The molecule has 0 atom stereocenters. The molecule has 0 saturated carbocycles. The lowest BCUT2D eigenvalue weighted by Gasteiger charge is -2.22. The number of aromatic nitrogens is 2. The maximum atomic E-state index is 13.0. The molecule has 3 aromatic rings. The molecule has 9 heteroatoms. The number of nitrogens with one attached hydrogen (secondary N) is 1. The zero-order chi connectivity index (χ0) is 23.3. The van der Waals surface area contributed by atoms with E-state index in [9.17, 15) is 19.2 Å². The van der Waals surface area contributed by atoms with Gasteiger partial charge in [-0.25, -0.2) is 4.79 Å². The number of nitrogens with zero attached hydrogens (tertiary/aromatic N) is 3. The summed E-state index contributed by atoms with van der Waals surface area (Å²) in [6, 6.07) is 13.8. The topological polar surface area (TPSA) is 93.4 Å². The highest BCUT2D eigenvalue weighted by Crippen LogP contribution is 2.10. The fraction of sp³-hybridized carbons (Fsp3) is 0.304. The lowest BCUT2D eigenvalue weighted by Crippen LogP contribution is -2.45. The van der Waals surface area contributed by atoms with Gasteiger partial charge in [0.1, 0.15) is 6.54 Å². The number of hydrogen-bond donors (Lipinski definition) is 1. The van der Waals surface area contributed by atoms with E-state index in [1.54, 1.807) is 50.2 Å². The van der Waals surface area contributed by atoms with E-state index in [0.29, 0.717) is 29.0 Å². The third-order valence-corrected chi connectivity index (χ3v) is 5.47. The first-order valence-corrected chi connectivity index (χ1v) is 10.7. The Balaban J connectivity index is 1.76. The van der Waals surface area contributed by atoms with Gasteiger partial charge in [0.2, 0.25) is 11.8 Å². The molecule has 8 nitrogen and oxygen atoms in total. The first kappa shape index (κ1) is 23.3. The molecule has 168 valence electrons. The van der Waals surface area contributed by atoms with Crippen molar-refractivity contribution in [2.75, 3.05) is 13.1 Å². The number of para-hydroxylation sites is 1. The lowest BCUT2D eigenvalue weighted by molar-refractivity contribution is -0.136. The van der Waals surface area contributed by atoms with E-state index in [1.807, 2.05) is 12.1 Å². The molecular weight excluding hydrogens is 432 g/mol. The molecule has 0 aliphatic carbocycles. The second kappa shape index (κ2) is 10.3. The SMILES string of the molecule is CCN(CC(=O)NCc1ccc(Cl)cc1)C(=O)Cn1c(=O)n(CC)c(=O)c2ccccc21. The van der Waals surface area contributed by atoms with Crippen LogP contribution < -0.4 is 16.6 Å². The predicted octanol–water partition coefficient (Wildman–Crippen LogP) is 2.00. The van der Waals surface area contributed by atoms with E-state index in [1.165, 1.54) is 9.47 Å². The maximum absolute atomic E-state index is 13.0. The van der Waals surface area contributed by atoms with E-state index in [2.05, 4.69) is 5.32 Å². The average Bonchev–Trinajstić information content (AvgIpc) is 2.80. The van der Waals surface area contributed by atoms with Gasteiger partial charge < -0.3 is 10.2 Å². The number of benzene rings is 2. The first-order chi connectivity index (χ1) is 15.3. The van der Waals surface area contributed by atoms with Crippen molar-refractivity contribution in [1.29, 1.82) is 0 Å². The normalized spacial score (nSPS) is 10.8. The zero-order valence-electron chi connectivity index (χ0n) is 18.0. The van der Waals surface area contributed by atoms with Crippen LogP contribution in [0, 0.1) is 0 Å². The molecule has 2 amide bonds. The van der Waals surface area contributed by atoms with Crippen molar-refractivity contribution >= 4 is 34.3 Å². The summed E-state index contributed by atoms with van der Waals surface area (Å²) in [6.07, 6.45) is 0. The van der Waals surface area contributed by atoms with Gasteiger partial charge in [0.25, 0.3) is 5.56 Å². The summed E-state index contributed by atoms with van der Waals surface area (Å²) in [4.78, 5) is 52.1. The molecule has 1 aromatic heterocycles. The van der Waals surface area contributed by atoms with Gasteiger partial charge in [0, 0.05) is 24.7 Å². The number of fused-ring (bicyclic) bond motifs is 1. The van der Waals surface area contributed by atoms with Crippen LogP contribution in [0.5, 0.6) is 0 Å². The summed E-state index contributed by atoms with van der Waals surface area (Å²) < 4.78 is 2.39. The molecule has 3 rings (SSSR count). The molecule has 1 heterocycles. The Hall–Kier alpha value is -3.39. The number of amides is 2. The third-order valence-electron chi connectivity index (χ3n) is 5.21. The van der Waals surface area contributed by atoms with E-state index < -0.39 is 5.69 Å². The van der Waals surface area contributed by atoms with Crippen LogP contribution >= 0.6 is 11.6 Å². The molecule has 0 radical (unpaired) electrons. The molecule has 0 fully saturated rings. The zero-order valence-corrected chi connectivity index (χ0v) is 18.8. The molecule has 1 N–H and O–H groups in total. The molecule has 2 aromatic carbocycles. The monoisotopic (exact) mass is 456 g/mol. The molecule has 0 aliphatic rings. The van der Waals surface area contributed by atoms with Crippen LogP contribution in [0.2, 0.25) is 5.02 Å². The minimum atomic E-state index is -0.548. The second-order valence-corrected chi connectivity index (χ2v) is 7.68. The lowest BCUT2D eigenvalue weighted by atomic mass is 10.2. The van der Waals surface area contributed by atoms with E-state index >= 15 is 0 Å². The minimum absolute atomic E-state index is 0.136. The van der Waals surface area contributed by atoms with Crippen molar-refractivity contribution in [3.8, 4) is 0 Å². The Morgan fingerprint density at radius 1 is 1.00 bits per heavy atom. The van der Waals surface area contributed by atoms with Crippen molar-refractivity contribution in [2.24, 2.45) is 0 Å². The Kier molecular flexibility index (Phi) is 7.48. The maximum Gasteiger partial charge on any atom is 0.331 e. The molecule has 32 heavy (non-hydrogen) atoms. The van der Waals surface area contributed by atoms with Crippen LogP contribution in [-0.2, 0) is 29.2 Å². The highest BCUT2D eigenvalue weighted by Gasteiger charge is 2.19. The first-order valence-electron chi connectivity index (χ1n) is 10.4. The van der Waals surface area contributed by atoms with Crippen LogP contribution in [0.15, 0.2) is 58.1 Å². The van der Waals surface area contributed by atoms with Crippen molar-refractivity contribution in [2.45, 2.75) is 33.5 Å². The summed E-state index contributed by atoms with van der Waals surface area (Å²) in [7, 11) is 0. The number of carbonyl (C=O) groups is 2. The summed E-state index contributed by atoms with van der Waals surface area (Å²) in [5, 5.41) is 3.76. The quantitative estimate of drug-likeness (QED) is 0.561. The van der Waals surface area contributed by atoms with E-state index in [4.69, 9.17) is 11.6 Å². The van der Waals surface area contributed by atoms with Gasteiger partial charge in [-0.2, -0.15) is 0 Å². The standard InChI is InChI=1S/C23H25ClN4O4/c1-3-26(14-20(29)25-13-16-9-11-17(24)12-10-16)21(30)15-28-19-8-6-5-7-18(19)22(31)27(4-2)23(28)32/h5-12H,3-4,13-15H2,1-2H3,(H,25,29). The number of likely N-dealkylation sites (N-methyl/N-ethyl adjacent to an activating group) is 1. The summed E-state index contributed by atoms with van der Waals surface area (Å²) in [5.41, 5.74) is 0.347. The number of rotatable bonds is 8. The highest BCUT2D eigenvalue weighted by molar-refractivity contribution is 6.30. The average molecular weight is 457 g/mol. The summed E-state index contributed by atoms with van der Waals surface area (Å²) in [6.45, 7) is 3.87. The number of carbonyl (C=O) groups excluding carboxylic acids is 2. The van der Waals surface area contributed by atoms with Crippen molar-refractivity contribution in [3.63, 3.8) is 0 Å². The Labute approximate surface area is 190 Å². The second-order valence-electron chi connectivity index (χ2n) is 7.25. The molecule has 0 saturated heterocycles. The third kappa shape index (κ3) is 5.08. The van der Waals surface area contributed by atoms with E-state index in [0.717, 1.165) is 10.1 Å². The number of hydrogen-bond acceptors (Lipinski definition) is 4. The summed E-state index contributed by atoms with van der Waals surface area (Å²) in [5.74, 6) is -0.700. The predicted molar refractivity (Wildman–Crippen MR) is 124 cm³/mol. The summed E-state index contributed by atoms with van der Waals surface area (Å²) >= 11 is 5.86. The van der Waals surface area contributed by atoms with Gasteiger partial charge in [-0.1, -0.05) is 35.9 Å².